The maximum atomic E-state index is 14.0. The number of piperazine rings is 1. The smallest absolute Gasteiger partial charge is 0.164 e. The molecule has 2 atom stereocenters. The molecule has 6 rings (SSSR count). The number of hydrogen-bond acceptors (Lipinski definition) is 6. The summed E-state index contributed by atoms with van der Waals surface area (Å²) < 4.78 is 16.0. The van der Waals surface area contributed by atoms with Crippen molar-refractivity contribution in [3.63, 3.8) is 0 Å². The molecule has 0 unspecified atom stereocenters. The lowest BCUT2D eigenvalue weighted by molar-refractivity contribution is 0.127. The number of rotatable bonds is 6. The fraction of sp³-hybridized carbons (Fsp3) is 0.407. The van der Waals surface area contributed by atoms with Gasteiger partial charge in [-0.1, -0.05) is 31.2 Å². The molecule has 0 amide bonds. The number of likely N-dealkylation sites (N-methyl/N-ethyl adjacent to an activating group) is 1. The van der Waals surface area contributed by atoms with Crippen LogP contribution in [0, 0.1) is 19.7 Å². The summed E-state index contributed by atoms with van der Waals surface area (Å²) in [5.74, 6) is 0.951. The number of nitrogens with zero attached hydrogens (tertiary/aromatic N) is 7. The molecule has 2 saturated heterocycles. The monoisotopic (exact) mass is 539 g/mol. The number of pyridine rings is 1. The number of imidazole rings is 1. The van der Waals surface area contributed by atoms with Gasteiger partial charge in [-0.2, -0.15) is 27.0 Å². The maximum absolute atomic E-state index is 14.0. The zero-order valence-electron chi connectivity index (χ0n) is 21.4. The summed E-state index contributed by atoms with van der Waals surface area (Å²) in [5.41, 5.74) is 5.41. The number of benzene rings is 1. The first-order valence-electron chi connectivity index (χ1n) is 12.4. The zero-order valence-corrected chi connectivity index (χ0v) is 23.4. The van der Waals surface area contributed by atoms with E-state index in [0.29, 0.717) is 29.8 Å². The summed E-state index contributed by atoms with van der Waals surface area (Å²) in [6, 6.07) is 11.7. The molecule has 2 aliphatic rings. The SMILES string of the molecule is CCN1C[C@@H]2C[C@H]1CN2Cc1ccc(Cn2c(-c3cncc(F)c3)nc3c(C)nc(C)nc32)cc1.S.S. The lowest BCUT2D eigenvalue weighted by Gasteiger charge is -2.33. The van der Waals surface area contributed by atoms with Crippen molar-refractivity contribution < 1.29 is 4.39 Å². The molecule has 2 aliphatic heterocycles. The molecular weight excluding hydrogens is 505 g/mol. The van der Waals surface area contributed by atoms with Crippen LogP contribution in [0.1, 0.15) is 36.0 Å². The van der Waals surface area contributed by atoms with E-state index < -0.39 is 0 Å². The van der Waals surface area contributed by atoms with E-state index in [1.165, 1.54) is 37.3 Å². The third-order valence-corrected chi connectivity index (χ3v) is 7.47. The molecule has 196 valence electrons. The van der Waals surface area contributed by atoms with E-state index >= 15 is 0 Å². The zero-order chi connectivity index (χ0) is 24.1. The first-order valence-corrected chi connectivity index (χ1v) is 12.4. The molecular formula is C27H34FN7S2. The van der Waals surface area contributed by atoms with Gasteiger partial charge in [-0.3, -0.25) is 14.8 Å². The van der Waals surface area contributed by atoms with E-state index in [1.54, 1.807) is 6.20 Å². The summed E-state index contributed by atoms with van der Waals surface area (Å²) >= 11 is 0. The average Bonchev–Trinajstić information content (AvgIpc) is 3.53. The number of aromatic nitrogens is 5. The Labute approximate surface area is 231 Å². The van der Waals surface area contributed by atoms with Crippen molar-refractivity contribution >= 4 is 38.2 Å². The summed E-state index contributed by atoms with van der Waals surface area (Å²) in [6.45, 7) is 11.2. The number of fused-ring (bicyclic) bond motifs is 3. The minimum absolute atomic E-state index is 0. The number of halogens is 1. The van der Waals surface area contributed by atoms with Gasteiger partial charge in [0.15, 0.2) is 5.65 Å². The van der Waals surface area contributed by atoms with Gasteiger partial charge in [0.1, 0.15) is 23.0 Å². The molecule has 1 aromatic carbocycles. The molecule has 0 saturated carbocycles. The van der Waals surface area contributed by atoms with Crippen LogP contribution in [0.2, 0.25) is 0 Å². The van der Waals surface area contributed by atoms with Crippen LogP contribution >= 0.6 is 27.0 Å². The van der Waals surface area contributed by atoms with Crippen molar-refractivity contribution in [2.24, 2.45) is 0 Å². The van der Waals surface area contributed by atoms with E-state index in [0.717, 1.165) is 41.6 Å². The van der Waals surface area contributed by atoms with Crippen LogP contribution in [0.4, 0.5) is 4.39 Å². The Bertz CT molecular complexity index is 1390. The molecule has 0 aliphatic carbocycles. The van der Waals surface area contributed by atoms with Gasteiger partial charge < -0.3 is 4.57 Å². The maximum Gasteiger partial charge on any atom is 0.164 e. The minimum Gasteiger partial charge on any atom is -0.304 e. The van der Waals surface area contributed by atoms with Gasteiger partial charge in [0.2, 0.25) is 0 Å². The fourth-order valence-corrected chi connectivity index (χ4v) is 5.76. The Morgan fingerprint density at radius 2 is 1.57 bits per heavy atom. The third kappa shape index (κ3) is 5.25. The van der Waals surface area contributed by atoms with Crippen molar-refractivity contribution in [3.05, 3.63) is 71.2 Å². The van der Waals surface area contributed by atoms with Crippen LogP contribution in [-0.2, 0) is 13.1 Å². The predicted molar refractivity (Wildman–Crippen MR) is 154 cm³/mol. The Morgan fingerprint density at radius 1 is 0.892 bits per heavy atom. The molecule has 2 fully saturated rings. The van der Waals surface area contributed by atoms with Crippen molar-refractivity contribution in [2.45, 2.75) is 52.4 Å². The molecule has 2 bridgehead atoms. The molecule has 10 heteroatoms. The summed E-state index contributed by atoms with van der Waals surface area (Å²) in [6.07, 6.45) is 4.15. The lowest BCUT2D eigenvalue weighted by Crippen LogP contribution is -2.45. The Kier molecular flexibility index (Phi) is 8.23. The largest absolute Gasteiger partial charge is 0.304 e. The van der Waals surface area contributed by atoms with Crippen molar-refractivity contribution in [1.82, 2.24) is 34.3 Å². The third-order valence-electron chi connectivity index (χ3n) is 7.47. The standard InChI is InChI=1S/C27H30FN7.2H2S/c1-4-33-15-24-10-23(33)16-34(24)13-19-5-7-20(8-6-19)14-35-26(21-9-22(28)12-29-11-21)32-25-17(2)30-18(3)31-27(25)35;;/h5-9,11-12,23-24H,4,10,13-16H2,1-3H3;2*1H2/t23-,24-;;/m0../s1. The molecule has 7 nitrogen and oxygen atoms in total. The summed E-state index contributed by atoms with van der Waals surface area (Å²) in [4.78, 5) is 23.2. The van der Waals surface area contributed by atoms with Gasteiger partial charge in [0.05, 0.1) is 18.4 Å². The molecule has 0 spiro atoms. The van der Waals surface area contributed by atoms with Gasteiger partial charge in [-0.05, 0) is 44.0 Å². The number of aryl methyl sites for hydroxylation is 2. The van der Waals surface area contributed by atoms with Crippen LogP contribution in [-0.4, -0.2) is 66.0 Å². The van der Waals surface area contributed by atoms with Crippen LogP contribution < -0.4 is 0 Å². The Hall–Kier alpha value is -2.53. The highest BCUT2D eigenvalue weighted by atomic mass is 32.1. The van der Waals surface area contributed by atoms with Crippen molar-refractivity contribution in [3.8, 4) is 11.4 Å². The van der Waals surface area contributed by atoms with Crippen LogP contribution in [0.3, 0.4) is 0 Å². The molecule has 0 radical (unpaired) electrons. The quantitative estimate of drug-likeness (QED) is 0.366. The van der Waals surface area contributed by atoms with E-state index in [1.807, 2.05) is 18.4 Å². The van der Waals surface area contributed by atoms with Gasteiger partial charge >= 0.3 is 0 Å². The second kappa shape index (κ2) is 11.1. The first kappa shape index (κ1) is 27.5. The normalized spacial score (nSPS) is 19.2. The van der Waals surface area contributed by atoms with Gasteiger partial charge in [-0.15, -0.1) is 0 Å². The molecule has 3 aromatic heterocycles. The second-order valence-corrected chi connectivity index (χ2v) is 9.82. The summed E-state index contributed by atoms with van der Waals surface area (Å²) in [5, 5.41) is 0. The number of hydrogen-bond donors (Lipinski definition) is 0. The first-order chi connectivity index (χ1) is 17.0. The highest BCUT2D eigenvalue weighted by Gasteiger charge is 2.42. The van der Waals surface area contributed by atoms with Crippen LogP contribution in [0.25, 0.3) is 22.6 Å². The van der Waals surface area contributed by atoms with E-state index in [9.17, 15) is 4.39 Å². The van der Waals surface area contributed by atoms with E-state index in [2.05, 4.69) is 55.9 Å². The predicted octanol–water partition coefficient (Wildman–Crippen LogP) is 4.20. The fourth-order valence-electron chi connectivity index (χ4n) is 5.76. The van der Waals surface area contributed by atoms with E-state index in [4.69, 9.17) is 4.98 Å². The molecule has 4 aromatic rings. The van der Waals surface area contributed by atoms with Crippen LogP contribution in [0.15, 0.2) is 42.7 Å². The molecule has 5 heterocycles. The van der Waals surface area contributed by atoms with Gasteiger partial charge in [-0.25, -0.2) is 19.3 Å². The second-order valence-electron chi connectivity index (χ2n) is 9.82. The highest BCUT2D eigenvalue weighted by molar-refractivity contribution is 7.59. The van der Waals surface area contributed by atoms with Gasteiger partial charge in [0.25, 0.3) is 0 Å². The van der Waals surface area contributed by atoms with Crippen molar-refractivity contribution in [2.75, 3.05) is 19.6 Å². The minimum atomic E-state index is -0.387. The molecule has 37 heavy (non-hydrogen) atoms. The Morgan fingerprint density at radius 3 is 2.22 bits per heavy atom. The number of likely N-dealkylation sites (tertiary alicyclic amines) is 2. The lowest BCUT2D eigenvalue weighted by atomic mass is 10.1. The highest BCUT2D eigenvalue weighted by Crippen LogP contribution is 2.32. The van der Waals surface area contributed by atoms with Crippen molar-refractivity contribution in [1.29, 1.82) is 0 Å². The van der Waals surface area contributed by atoms with E-state index in [-0.39, 0.29) is 32.8 Å². The average molecular weight is 540 g/mol. The Balaban J connectivity index is 0.00000160. The molecule has 0 N–H and O–H groups in total. The topological polar surface area (TPSA) is 63.0 Å². The van der Waals surface area contributed by atoms with Gasteiger partial charge in [0, 0.05) is 43.5 Å². The van der Waals surface area contributed by atoms with Crippen LogP contribution in [0.5, 0.6) is 0 Å². The summed E-state index contributed by atoms with van der Waals surface area (Å²) in [7, 11) is 0.